The number of ketones is 1. The minimum Gasteiger partial charge on any atom is -0.292 e. The molecule has 0 saturated carbocycles. The molecule has 76 valence electrons. The van der Waals surface area contributed by atoms with E-state index in [1.807, 2.05) is 6.92 Å². The molecule has 0 aliphatic rings. The molecule has 1 aromatic rings. The molecule has 0 N–H and O–H groups in total. The first-order valence-corrected chi connectivity index (χ1v) is 5.38. The van der Waals surface area contributed by atoms with Gasteiger partial charge in [-0.3, -0.25) is 4.79 Å². The number of hydrogen-bond donors (Lipinski definition) is 0. The summed E-state index contributed by atoms with van der Waals surface area (Å²) in [5.41, 5.74) is 0.390. The zero-order valence-electron chi connectivity index (χ0n) is 7.56. The first-order valence-electron chi connectivity index (χ1n) is 4.19. The molecule has 1 rings (SSSR count). The van der Waals surface area contributed by atoms with E-state index in [0.717, 1.165) is 0 Å². The Morgan fingerprint density at radius 3 is 2.64 bits per heavy atom. The first-order chi connectivity index (χ1) is 6.56. The number of carbonyl (C=O) groups is 1. The van der Waals surface area contributed by atoms with Crippen molar-refractivity contribution in [2.45, 2.75) is 18.7 Å². The lowest BCUT2D eigenvalue weighted by atomic mass is 10.1. The zero-order valence-corrected chi connectivity index (χ0v) is 9.83. The van der Waals surface area contributed by atoms with Crippen LogP contribution in [-0.4, -0.2) is 11.2 Å². The van der Waals surface area contributed by atoms with Crippen LogP contribution in [0.1, 0.15) is 23.7 Å². The highest BCUT2D eigenvalue weighted by molar-refractivity contribution is 6.40. The van der Waals surface area contributed by atoms with Crippen molar-refractivity contribution in [3.63, 3.8) is 0 Å². The van der Waals surface area contributed by atoms with Gasteiger partial charge in [0.05, 0.1) is 10.4 Å². The molecular formula is C10H9Cl3O. The smallest absolute Gasteiger partial charge is 0.182 e. The van der Waals surface area contributed by atoms with Crippen LogP contribution >= 0.6 is 34.8 Å². The molecule has 1 atom stereocenters. The summed E-state index contributed by atoms with van der Waals surface area (Å²) in [6.45, 7) is 1.84. The minimum atomic E-state index is -0.536. The third-order valence-corrected chi connectivity index (χ3v) is 2.91. The molecular weight excluding hydrogens is 242 g/mol. The van der Waals surface area contributed by atoms with Crippen LogP contribution in [0.15, 0.2) is 18.2 Å². The molecule has 0 spiro atoms. The molecule has 0 bridgehead atoms. The molecule has 0 aliphatic heterocycles. The number of benzene rings is 1. The summed E-state index contributed by atoms with van der Waals surface area (Å²) < 4.78 is 0. The molecule has 0 fully saturated rings. The number of hydrogen-bond acceptors (Lipinski definition) is 1. The highest BCUT2D eigenvalue weighted by Crippen LogP contribution is 2.23. The average molecular weight is 252 g/mol. The van der Waals surface area contributed by atoms with Crippen molar-refractivity contribution in [1.29, 1.82) is 0 Å². The largest absolute Gasteiger partial charge is 0.292 e. The van der Waals surface area contributed by atoms with Gasteiger partial charge in [-0.1, -0.05) is 30.1 Å². The highest BCUT2D eigenvalue weighted by Gasteiger charge is 2.18. The molecule has 0 aromatic heterocycles. The fourth-order valence-electron chi connectivity index (χ4n) is 1.04. The van der Waals surface area contributed by atoms with Crippen LogP contribution < -0.4 is 0 Å². The number of carbonyl (C=O) groups excluding carboxylic acids is 1. The van der Waals surface area contributed by atoms with Crippen LogP contribution in [0.3, 0.4) is 0 Å². The Kier molecular flexibility index (Phi) is 4.24. The van der Waals surface area contributed by atoms with Gasteiger partial charge in [-0.25, -0.2) is 0 Å². The van der Waals surface area contributed by atoms with E-state index >= 15 is 0 Å². The van der Waals surface area contributed by atoms with Crippen LogP contribution in [0, 0.1) is 0 Å². The maximum Gasteiger partial charge on any atom is 0.182 e. The molecule has 1 aromatic carbocycles. The second-order valence-electron chi connectivity index (χ2n) is 2.86. The van der Waals surface area contributed by atoms with Gasteiger partial charge < -0.3 is 0 Å². The Balaban J connectivity index is 3.06. The molecule has 0 heterocycles. The van der Waals surface area contributed by atoms with Crippen molar-refractivity contribution in [2.24, 2.45) is 0 Å². The standard InChI is InChI=1S/C10H9Cl3O/c1-2-8(12)10(14)7-5-6(11)3-4-9(7)13/h3-5,8H,2H2,1H3. The SMILES string of the molecule is CCC(Cl)C(=O)c1cc(Cl)ccc1Cl. The Hall–Kier alpha value is -0.240. The topological polar surface area (TPSA) is 17.1 Å². The van der Waals surface area contributed by atoms with E-state index in [2.05, 4.69) is 0 Å². The lowest BCUT2D eigenvalue weighted by Crippen LogP contribution is -2.13. The van der Waals surface area contributed by atoms with E-state index in [1.165, 1.54) is 6.07 Å². The summed E-state index contributed by atoms with van der Waals surface area (Å²) in [7, 11) is 0. The van der Waals surface area contributed by atoms with E-state index in [1.54, 1.807) is 12.1 Å². The van der Waals surface area contributed by atoms with E-state index in [4.69, 9.17) is 34.8 Å². The average Bonchev–Trinajstić information content (AvgIpc) is 2.19. The van der Waals surface area contributed by atoms with Gasteiger partial charge in [0.25, 0.3) is 0 Å². The van der Waals surface area contributed by atoms with Crippen LogP contribution in [0.25, 0.3) is 0 Å². The number of Topliss-reactive ketones (excluding diaryl/α,β-unsaturated/α-hetero) is 1. The van der Waals surface area contributed by atoms with Crippen molar-refractivity contribution >= 4 is 40.6 Å². The molecule has 0 saturated heterocycles. The normalized spacial score (nSPS) is 12.6. The quantitative estimate of drug-likeness (QED) is 0.581. The van der Waals surface area contributed by atoms with E-state index in [0.29, 0.717) is 22.0 Å². The van der Waals surface area contributed by atoms with Crippen LogP contribution in [0.4, 0.5) is 0 Å². The predicted octanol–water partition coefficient (Wildman–Crippen LogP) is 4.19. The van der Waals surface area contributed by atoms with Crippen molar-refractivity contribution in [3.8, 4) is 0 Å². The predicted molar refractivity (Wildman–Crippen MR) is 60.7 cm³/mol. The maximum atomic E-state index is 11.7. The van der Waals surface area contributed by atoms with E-state index in [9.17, 15) is 4.79 Å². The van der Waals surface area contributed by atoms with E-state index < -0.39 is 5.38 Å². The second kappa shape index (κ2) is 5.01. The summed E-state index contributed by atoms with van der Waals surface area (Å²) >= 11 is 17.4. The number of halogens is 3. The molecule has 1 nitrogen and oxygen atoms in total. The molecule has 0 amide bonds. The van der Waals surface area contributed by atoms with Crippen LogP contribution in [0.5, 0.6) is 0 Å². The molecule has 1 unspecified atom stereocenters. The Morgan fingerprint density at radius 2 is 2.07 bits per heavy atom. The van der Waals surface area contributed by atoms with Gasteiger partial charge in [0, 0.05) is 10.6 Å². The van der Waals surface area contributed by atoms with Gasteiger partial charge in [-0.05, 0) is 24.6 Å². The van der Waals surface area contributed by atoms with Crippen LogP contribution in [0.2, 0.25) is 10.0 Å². The Morgan fingerprint density at radius 1 is 1.43 bits per heavy atom. The third-order valence-electron chi connectivity index (χ3n) is 1.84. The molecule has 14 heavy (non-hydrogen) atoms. The monoisotopic (exact) mass is 250 g/mol. The second-order valence-corrected chi connectivity index (χ2v) is 4.23. The van der Waals surface area contributed by atoms with Crippen molar-refractivity contribution in [2.75, 3.05) is 0 Å². The summed E-state index contributed by atoms with van der Waals surface area (Å²) in [6, 6.07) is 4.77. The summed E-state index contributed by atoms with van der Waals surface area (Å²) in [6.07, 6.45) is 0.573. The number of rotatable bonds is 3. The Bertz CT molecular complexity index is 349. The van der Waals surface area contributed by atoms with Gasteiger partial charge in [0.1, 0.15) is 0 Å². The van der Waals surface area contributed by atoms with Crippen LogP contribution in [-0.2, 0) is 0 Å². The molecule has 0 aliphatic carbocycles. The van der Waals surface area contributed by atoms with Gasteiger partial charge in [0.15, 0.2) is 5.78 Å². The summed E-state index contributed by atoms with van der Waals surface area (Å²) in [5.74, 6) is -0.179. The van der Waals surface area contributed by atoms with Crippen molar-refractivity contribution < 1.29 is 4.79 Å². The highest BCUT2D eigenvalue weighted by atomic mass is 35.5. The maximum absolute atomic E-state index is 11.7. The Labute approximate surface area is 98.0 Å². The van der Waals surface area contributed by atoms with Gasteiger partial charge >= 0.3 is 0 Å². The molecule has 4 heteroatoms. The summed E-state index contributed by atoms with van der Waals surface area (Å²) in [4.78, 5) is 11.7. The lowest BCUT2D eigenvalue weighted by Gasteiger charge is -2.07. The van der Waals surface area contributed by atoms with Gasteiger partial charge in [0.2, 0.25) is 0 Å². The van der Waals surface area contributed by atoms with Crippen molar-refractivity contribution in [1.82, 2.24) is 0 Å². The van der Waals surface area contributed by atoms with Gasteiger partial charge in [-0.15, -0.1) is 11.6 Å². The fraction of sp³-hybridized carbons (Fsp3) is 0.300. The minimum absolute atomic E-state index is 0.179. The van der Waals surface area contributed by atoms with Gasteiger partial charge in [-0.2, -0.15) is 0 Å². The van der Waals surface area contributed by atoms with E-state index in [-0.39, 0.29) is 5.78 Å². The van der Waals surface area contributed by atoms with Crippen molar-refractivity contribution in [3.05, 3.63) is 33.8 Å². The lowest BCUT2D eigenvalue weighted by molar-refractivity contribution is 0.0986. The zero-order chi connectivity index (χ0) is 10.7. The molecule has 0 radical (unpaired) electrons. The summed E-state index contributed by atoms with van der Waals surface area (Å²) in [5, 5.41) is 0.335. The number of alkyl halides is 1. The first kappa shape index (κ1) is 11.8. The fourth-order valence-corrected chi connectivity index (χ4v) is 1.54. The third kappa shape index (κ3) is 2.63.